The molecule has 8 nitrogen and oxygen atoms in total. The van der Waals surface area contributed by atoms with Crippen molar-refractivity contribution in [3.05, 3.63) is 54.3 Å². The van der Waals surface area contributed by atoms with Gasteiger partial charge in [0.25, 0.3) is 0 Å². The Morgan fingerprint density at radius 1 is 1.11 bits per heavy atom. The molecule has 4 heterocycles. The predicted octanol–water partition coefficient (Wildman–Crippen LogP) is 4.39. The average molecular weight is 486 g/mol. The maximum Gasteiger partial charge on any atom is 0.471 e. The van der Waals surface area contributed by atoms with Crippen molar-refractivity contribution in [1.82, 2.24) is 29.6 Å². The van der Waals surface area contributed by atoms with E-state index in [4.69, 9.17) is 0 Å². The lowest BCUT2D eigenvalue weighted by Gasteiger charge is -2.33. The van der Waals surface area contributed by atoms with Crippen LogP contribution in [0, 0.1) is 5.92 Å². The maximum absolute atomic E-state index is 12.7. The SMILES string of the molecule is CN(Cc1cn(C)c2ccccc12)CC1CCN(c2ncc(-c3noc(C(F)(F)F)n3)cn2)CC1. The van der Waals surface area contributed by atoms with Crippen LogP contribution in [0.1, 0.15) is 24.3 Å². The molecular weight excluding hydrogens is 459 g/mol. The van der Waals surface area contributed by atoms with Crippen LogP contribution in [0.2, 0.25) is 0 Å². The summed E-state index contributed by atoms with van der Waals surface area (Å²) in [6.07, 6.45) is 2.42. The quantitative estimate of drug-likeness (QED) is 0.401. The molecule has 4 aromatic rings. The molecule has 0 aliphatic carbocycles. The first kappa shape index (κ1) is 23.3. The molecule has 0 bridgehead atoms. The summed E-state index contributed by atoms with van der Waals surface area (Å²) in [5, 5.41) is 4.67. The molecule has 3 aromatic heterocycles. The number of aromatic nitrogens is 5. The van der Waals surface area contributed by atoms with Gasteiger partial charge in [-0.15, -0.1) is 0 Å². The Morgan fingerprint density at radius 2 is 1.83 bits per heavy atom. The minimum Gasteiger partial charge on any atom is -0.350 e. The van der Waals surface area contributed by atoms with Gasteiger partial charge in [0.2, 0.25) is 11.8 Å². The third kappa shape index (κ3) is 5.00. The lowest BCUT2D eigenvalue weighted by molar-refractivity contribution is -0.159. The van der Waals surface area contributed by atoms with Gasteiger partial charge in [0.05, 0.1) is 5.56 Å². The number of hydrogen-bond donors (Lipinski definition) is 0. The molecule has 1 aliphatic heterocycles. The van der Waals surface area contributed by atoms with Crippen molar-refractivity contribution >= 4 is 16.9 Å². The smallest absolute Gasteiger partial charge is 0.350 e. The van der Waals surface area contributed by atoms with Crippen LogP contribution in [-0.2, 0) is 19.8 Å². The first-order valence-electron chi connectivity index (χ1n) is 11.5. The van der Waals surface area contributed by atoms with Crippen LogP contribution in [-0.4, -0.2) is 56.3 Å². The van der Waals surface area contributed by atoms with Gasteiger partial charge in [-0.05, 0) is 37.4 Å². The minimum atomic E-state index is -4.68. The van der Waals surface area contributed by atoms with E-state index in [1.54, 1.807) is 0 Å². The topological polar surface area (TPSA) is 76.1 Å². The zero-order valence-corrected chi connectivity index (χ0v) is 19.5. The minimum absolute atomic E-state index is 0.184. The van der Waals surface area contributed by atoms with Crippen LogP contribution < -0.4 is 4.90 Å². The van der Waals surface area contributed by atoms with Gasteiger partial charge in [-0.3, -0.25) is 0 Å². The zero-order valence-electron chi connectivity index (χ0n) is 19.5. The molecule has 1 saturated heterocycles. The number of rotatable bonds is 6. The molecule has 11 heteroatoms. The van der Waals surface area contributed by atoms with Gasteiger partial charge < -0.3 is 18.9 Å². The van der Waals surface area contributed by atoms with E-state index < -0.39 is 12.1 Å². The number of piperidine rings is 1. The van der Waals surface area contributed by atoms with Gasteiger partial charge in [0, 0.05) is 62.7 Å². The number of halogens is 3. The second kappa shape index (κ2) is 9.29. The maximum atomic E-state index is 12.7. The van der Waals surface area contributed by atoms with E-state index in [1.807, 2.05) is 0 Å². The second-order valence-corrected chi connectivity index (χ2v) is 9.10. The fraction of sp³-hybridized carbons (Fsp3) is 0.417. The van der Waals surface area contributed by atoms with Gasteiger partial charge in [0.1, 0.15) is 0 Å². The van der Waals surface area contributed by atoms with Crippen molar-refractivity contribution in [1.29, 1.82) is 0 Å². The summed E-state index contributed by atoms with van der Waals surface area (Å²) in [5.74, 6) is -0.442. The summed E-state index contributed by atoms with van der Waals surface area (Å²) < 4.78 is 44.5. The fourth-order valence-electron chi connectivity index (χ4n) is 4.72. The first-order valence-corrected chi connectivity index (χ1v) is 11.5. The molecular formula is C24H26F3N7O. The highest BCUT2D eigenvalue weighted by atomic mass is 19.4. The van der Waals surface area contributed by atoms with E-state index in [0.717, 1.165) is 39.0 Å². The molecule has 0 amide bonds. The lowest BCUT2D eigenvalue weighted by atomic mass is 9.96. The fourth-order valence-corrected chi connectivity index (χ4v) is 4.72. The van der Waals surface area contributed by atoms with E-state index in [0.29, 0.717) is 11.9 Å². The number of benzene rings is 1. The Hall–Kier alpha value is -3.47. The Labute approximate surface area is 200 Å². The number of para-hydroxylation sites is 1. The third-order valence-electron chi connectivity index (χ3n) is 6.45. The summed E-state index contributed by atoms with van der Waals surface area (Å²) in [6, 6.07) is 8.47. The van der Waals surface area contributed by atoms with E-state index >= 15 is 0 Å². The van der Waals surface area contributed by atoms with Crippen LogP contribution in [0.3, 0.4) is 0 Å². The van der Waals surface area contributed by atoms with E-state index in [2.05, 4.69) is 83.6 Å². The normalized spacial score (nSPS) is 15.4. The van der Waals surface area contributed by atoms with Gasteiger partial charge >= 0.3 is 12.1 Å². The molecule has 0 radical (unpaired) electrons. The highest BCUT2D eigenvalue weighted by molar-refractivity contribution is 5.83. The third-order valence-corrected chi connectivity index (χ3v) is 6.45. The molecule has 0 N–H and O–H groups in total. The molecule has 5 rings (SSSR count). The van der Waals surface area contributed by atoms with E-state index in [-0.39, 0.29) is 11.4 Å². The molecule has 0 unspecified atom stereocenters. The van der Waals surface area contributed by atoms with Crippen molar-refractivity contribution in [2.45, 2.75) is 25.6 Å². The predicted molar refractivity (Wildman–Crippen MR) is 125 cm³/mol. The second-order valence-electron chi connectivity index (χ2n) is 9.10. The van der Waals surface area contributed by atoms with Crippen molar-refractivity contribution in [2.24, 2.45) is 13.0 Å². The van der Waals surface area contributed by atoms with E-state index in [1.165, 1.54) is 28.9 Å². The number of hydrogen-bond acceptors (Lipinski definition) is 7. The molecule has 184 valence electrons. The van der Waals surface area contributed by atoms with Gasteiger partial charge in [-0.25, -0.2) is 9.97 Å². The monoisotopic (exact) mass is 485 g/mol. The molecule has 1 aliphatic rings. The molecule has 0 spiro atoms. The summed E-state index contributed by atoms with van der Waals surface area (Å²) in [6.45, 7) is 3.56. The largest absolute Gasteiger partial charge is 0.471 e. The molecule has 1 fully saturated rings. The summed E-state index contributed by atoms with van der Waals surface area (Å²) >= 11 is 0. The molecule has 0 saturated carbocycles. The highest BCUT2D eigenvalue weighted by Gasteiger charge is 2.38. The van der Waals surface area contributed by atoms with Crippen molar-refractivity contribution in [3.8, 4) is 11.4 Å². The van der Waals surface area contributed by atoms with Crippen molar-refractivity contribution in [3.63, 3.8) is 0 Å². The van der Waals surface area contributed by atoms with Gasteiger partial charge in [-0.2, -0.15) is 18.2 Å². The number of aryl methyl sites for hydroxylation is 1. The molecule has 1 aromatic carbocycles. The Bertz CT molecular complexity index is 1290. The average Bonchev–Trinajstić information content (AvgIpc) is 3.46. The Morgan fingerprint density at radius 3 is 2.51 bits per heavy atom. The summed E-state index contributed by atoms with van der Waals surface area (Å²) in [7, 11) is 4.25. The number of nitrogens with zero attached hydrogens (tertiary/aromatic N) is 7. The van der Waals surface area contributed by atoms with Crippen molar-refractivity contribution < 1.29 is 17.7 Å². The van der Waals surface area contributed by atoms with Crippen LogP contribution in [0.15, 0.2) is 47.4 Å². The standard InChI is InChI=1S/C24H26F3N7O/c1-32(14-18-15-33(2)20-6-4-3-5-19(18)20)13-16-7-9-34(10-8-16)23-28-11-17(12-29-23)21-30-22(35-31-21)24(25,26)27/h3-6,11-12,15-16H,7-10,13-14H2,1-2H3. The van der Waals surface area contributed by atoms with E-state index in [9.17, 15) is 13.2 Å². The van der Waals surface area contributed by atoms with Gasteiger partial charge in [0.15, 0.2) is 0 Å². The summed E-state index contributed by atoms with van der Waals surface area (Å²) in [5.41, 5.74) is 2.86. The zero-order chi connectivity index (χ0) is 24.6. The number of anilines is 1. The molecule has 0 atom stereocenters. The van der Waals surface area contributed by atoms with Gasteiger partial charge in [-0.1, -0.05) is 23.4 Å². The first-order chi connectivity index (χ1) is 16.8. The number of alkyl halides is 3. The highest BCUT2D eigenvalue weighted by Crippen LogP contribution is 2.29. The van der Waals surface area contributed by atoms with Crippen LogP contribution in [0.5, 0.6) is 0 Å². The number of fused-ring (bicyclic) bond motifs is 1. The van der Waals surface area contributed by atoms with Crippen LogP contribution >= 0.6 is 0 Å². The Kier molecular flexibility index (Phi) is 6.18. The Balaban J connectivity index is 1.15. The lowest BCUT2D eigenvalue weighted by Crippen LogP contribution is -2.38. The van der Waals surface area contributed by atoms with Crippen LogP contribution in [0.4, 0.5) is 19.1 Å². The summed E-state index contributed by atoms with van der Waals surface area (Å²) in [4.78, 5) is 16.5. The molecule has 35 heavy (non-hydrogen) atoms. The van der Waals surface area contributed by atoms with Crippen LogP contribution in [0.25, 0.3) is 22.3 Å². The van der Waals surface area contributed by atoms with Crippen molar-refractivity contribution in [2.75, 3.05) is 31.6 Å².